The molecule has 2 rings (SSSR count). The number of ether oxygens (including phenoxy) is 1. The van der Waals surface area contributed by atoms with Gasteiger partial charge in [-0.3, -0.25) is 9.88 Å². The van der Waals surface area contributed by atoms with Crippen molar-refractivity contribution in [3.8, 4) is 5.75 Å². The molecule has 0 aromatic carbocycles. The maximum Gasteiger partial charge on any atom is 0.128 e. The Kier molecular flexibility index (Phi) is 5.59. The lowest BCUT2D eigenvalue weighted by Gasteiger charge is -2.37. The fourth-order valence-corrected chi connectivity index (χ4v) is 3.63. The molecule has 2 N–H and O–H groups in total. The number of nitrogens with two attached hydrogens (primary N) is 1. The normalized spacial score (nSPS) is 22.6. The summed E-state index contributed by atoms with van der Waals surface area (Å²) in [5.41, 5.74) is 9.32. The summed E-state index contributed by atoms with van der Waals surface area (Å²) in [4.78, 5) is 7.05. The second-order valence-electron chi connectivity index (χ2n) is 6.31. The summed E-state index contributed by atoms with van der Waals surface area (Å²) in [5.74, 6) is 1.59. The minimum atomic E-state index is 0.581. The van der Waals surface area contributed by atoms with Gasteiger partial charge in [-0.15, -0.1) is 0 Å². The number of methoxy groups -OCH3 is 1. The molecule has 2 atom stereocenters. The van der Waals surface area contributed by atoms with Gasteiger partial charge in [-0.05, 0) is 46.2 Å². The largest absolute Gasteiger partial charge is 0.496 e. The molecule has 0 saturated heterocycles. The van der Waals surface area contributed by atoms with Gasteiger partial charge in [0, 0.05) is 29.9 Å². The molecule has 1 aromatic rings. The van der Waals surface area contributed by atoms with E-state index >= 15 is 0 Å². The van der Waals surface area contributed by atoms with E-state index in [0.717, 1.165) is 35.7 Å². The summed E-state index contributed by atoms with van der Waals surface area (Å²) < 4.78 is 5.51. The Bertz CT molecular complexity index is 475. The van der Waals surface area contributed by atoms with Crippen LogP contribution in [0.2, 0.25) is 0 Å². The summed E-state index contributed by atoms with van der Waals surface area (Å²) in [6.45, 7) is 5.80. The Hall–Kier alpha value is -1.13. The molecule has 1 heterocycles. The van der Waals surface area contributed by atoms with Gasteiger partial charge in [0.05, 0.1) is 12.8 Å². The summed E-state index contributed by atoms with van der Waals surface area (Å²) in [6, 6.07) is 0.581. The Labute approximate surface area is 128 Å². The minimum Gasteiger partial charge on any atom is -0.496 e. The van der Waals surface area contributed by atoms with Crippen molar-refractivity contribution in [3.05, 3.63) is 23.0 Å². The first-order valence-corrected chi connectivity index (χ1v) is 7.97. The van der Waals surface area contributed by atoms with Crippen molar-refractivity contribution >= 4 is 0 Å². The van der Waals surface area contributed by atoms with Crippen molar-refractivity contribution in [1.29, 1.82) is 0 Å². The van der Waals surface area contributed by atoms with Crippen LogP contribution in [0.25, 0.3) is 0 Å². The van der Waals surface area contributed by atoms with Crippen LogP contribution in [0.3, 0.4) is 0 Å². The molecule has 0 aliphatic heterocycles. The third kappa shape index (κ3) is 3.55. The minimum absolute atomic E-state index is 0.581. The highest BCUT2D eigenvalue weighted by atomic mass is 16.5. The van der Waals surface area contributed by atoms with Gasteiger partial charge < -0.3 is 10.5 Å². The summed E-state index contributed by atoms with van der Waals surface area (Å²) >= 11 is 0. The quantitative estimate of drug-likeness (QED) is 0.906. The monoisotopic (exact) mass is 291 g/mol. The SMILES string of the molecule is COc1c(C)cnc(CN(C)C2CCCCC2CN)c1C. The van der Waals surface area contributed by atoms with Crippen LogP contribution in [0, 0.1) is 19.8 Å². The van der Waals surface area contributed by atoms with Crippen molar-refractivity contribution in [3.63, 3.8) is 0 Å². The van der Waals surface area contributed by atoms with Crippen molar-refractivity contribution in [2.75, 3.05) is 20.7 Å². The van der Waals surface area contributed by atoms with Gasteiger partial charge in [-0.25, -0.2) is 0 Å². The lowest BCUT2D eigenvalue weighted by Crippen LogP contribution is -2.42. The number of pyridine rings is 1. The number of nitrogens with zero attached hydrogens (tertiary/aromatic N) is 2. The lowest BCUT2D eigenvalue weighted by atomic mass is 9.83. The molecule has 0 radical (unpaired) electrons. The second kappa shape index (κ2) is 7.23. The van der Waals surface area contributed by atoms with Gasteiger partial charge in [0.1, 0.15) is 5.75 Å². The van der Waals surface area contributed by atoms with Crippen LogP contribution in [0.5, 0.6) is 5.75 Å². The van der Waals surface area contributed by atoms with E-state index in [1.54, 1.807) is 7.11 Å². The first kappa shape index (κ1) is 16.2. The van der Waals surface area contributed by atoms with Gasteiger partial charge in [0.2, 0.25) is 0 Å². The first-order valence-electron chi connectivity index (χ1n) is 7.97. The molecule has 21 heavy (non-hydrogen) atoms. The fourth-order valence-electron chi connectivity index (χ4n) is 3.63. The number of aromatic nitrogens is 1. The Morgan fingerprint density at radius 1 is 1.33 bits per heavy atom. The molecular formula is C17H29N3O. The molecule has 2 unspecified atom stereocenters. The van der Waals surface area contributed by atoms with Crippen LogP contribution < -0.4 is 10.5 Å². The Balaban J connectivity index is 2.13. The molecule has 118 valence electrons. The van der Waals surface area contributed by atoms with Crippen LogP contribution in [0.1, 0.15) is 42.5 Å². The predicted octanol–water partition coefficient (Wildman–Crippen LogP) is 2.66. The maximum absolute atomic E-state index is 5.96. The summed E-state index contributed by atoms with van der Waals surface area (Å²) in [7, 11) is 3.93. The van der Waals surface area contributed by atoms with Gasteiger partial charge in [-0.2, -0.15) is 0 Å². The highest BCUT2D eigenvalue weighted by Gasteiger charge is 2.27. The molecule has 4 heteroatoms. The van der Waals surface area contributed by atoms with Crippen LogP contribution in [-0.4, -0.2) is 36.6 Å². The molecule has 0 bridgehead atoms. The average Bonchev–Trinajstić information content (AvgIpc) is 2.50. The van der Waals surface area contributed by atoms with E-state index in [1.807, 2.05) is 13.1 Å². The van der Waals surface area contributed by atoms with Gasteiger partial charge >= 0.3 is 0 Å². The van der Waals surface area contributed by atoms with E-state index in [0.29, 0.717) is 12.0 Å². The Morgan fingerprint density at radius 3 is 2.71 bits per heavy atom. The molecule has 1 aliphatic carbocycles. The zero-order valence-electron chi connectivity index (χ0n) is 13.9. The highest BCUT2D eigenvalue weighted by Crippen LogP contribution is 2.29. The first-order chi connectivity index (χ1) is 10.1. The zero-order chi connectivity index (χ0) is 15.4. The number of hydrogen-bond donors (Lipinski definition) is 1. The summed E-state index contributed by atoms with van der Waals surface area (Å²) in [5, 5.41) is 0. The van der Waals surface area contributed by atoms with E-state index in [1.165, 1.54) is 25.7 Å². The van der Waals surface area contributed by atoms with Gasteiger partial charge in [-0.1, -0.05) is 12.8 Å². The van der Waals surface area contributed by atoms with Gasteiger partial charge in [0.25, 0.3) is 0 Å². The highest BCUT2D eigenvalue weighted by molar-refractivity contribution is 5.41. The molecule has 1 aromatic heterocycles. The van der Waals surface area contributed by atoms with E-state index in [4.69, 9.17) is 10.5 Å². The molecule has 1 saturated carbocycles. The van der Waals surface area contributed by atoms with E-state index in [-0.39, 0.29) is 0 Å². The van der Waals surface area contributed by atoms with E-state index < -0.39 is 0 Å². The molecule has 0 spiro atoms. The fraction of sp³-hybridized carbons (Fsp3) is 0.706. The number of aryl methyl sites for hydroxylation is 1. The molecule has 1 fully saturated rings. The van der Waals surface area contributed by atoms with Crippen molar-refractivity contribution in [2.45, 2.75) is 52.1 Å². The lowest BCUT2D eigenvalue weighted by molar-refractivity contribution is 0.126. The standard InChI is InChI=1S/C17H29N3O/c1-12-10-19-15(13(2)17(12)21-4)11-20(3)16-8-6-5-7-14(16)9-18/h10,14,16H,5-9,11,18H2,1-4H3. The van der Waals surface area contributed by atoms with Crippen LogP contribution in [0.15, 0.2) is 6.20 Å². The van der Waals surface area contributed by atoms with E-state index in [9.17, 15) is 0 Å². The third-order valence-electron chi connectivity index (χ3n) is 4.89. The molecular weight excluding hydrogens is 262 g/mol. The van der Waals surface area contributed by atoms with Crippen molar-refractivity contribution in [1.82, 2.24) is 9.88 Å². The second-order valence-corrected chi connectivity index (χ2v) is 6.31. The topological polar surface area (TPSA) is 51.4 Å². The maximum atomic E-state index is 5.96. The number of rotatable bonds is 5. The molecule has 1 aliphatic rings. The molecule has 0 amide bonds. The molecule has 4 nitrogen and oxygen atoms in total. The average molecular weight is 291 g/mol. The summed E-state index contributed by atoms with van der Waals surface area (Å²) in [6.07, 6.45) is 7.06. The Morgan fingerprint density at radius 2 is 2.05 bits per heavy atom. The van der Waals surface area contributed by atoms with Gasteiger partial charge in [0.15, 0.2) is 0 Å². The van der Waals surface area contributed by atoms with Crippen LogP contribution in [-0.2, 0) is 6.54 Å². The smallest absolute Gasteiger partial charge is 0.128 e. The zero-order valence-corrected chi connectivity index (χ0v) is 13.9. The van der Waals surface area contributed by atoms with E-state index in [2.05, 4.69) is 23.9 Å². The van der Waals surface area contributed by atoms with Crippen molar-refractivity contribution < 1.29 is 4.74 Å². The van der Waals surface area contributed by atoms with Crippen molar-refractivity contribution in [2.24, 2.45) is 11.7 Å². The predicted molar refractivity (Wildman–Crippen MR) is 86.5 cm³/mol. The number of hydrogen-bond acceptors (Lipinski definition) is 4. The van der Waals surface area contributed by atoms with Crippen LogP contribution >= 0.6 is 0 Å². The van der Waals surface area contributed by atoms with Crippen LogP contribution in [0.4, 0.5) is 0 Å². The third-order valence-corrected chi connectivity index (χ3v) is 4.89.